The highest BCUT2D eigenvalue weighted by Gasteiger charge is 2.16. The first kappa shape index (κ1) is 17.9. The lowest BCUT2D eigenvalue weighted by atomic mass is 10.1. The van der Waals surface area contributed by atoms with E-state index < -0.39 is 0 Å². The normalized spacial score (nSPS) is 10.4. The van der Waals surface area contributed by atoms with Crippen LogP contribution in [-0.2, 0) is 6.54 Å². The second kappa shape index (κ2) is 7.86. The molecule has 0 fully saturated rings. The average Bonchev–Trinajstić information content (AvgIpc) is 2.61. The second-order valence-electron chi connectivity index (χ2n) is 5.81. The maximum atomic E-state index is 12.8. The molecule has 0 atom stereocenters. The van der Waals surface area contributed by atoms with E-state index in [4.69, 9.17) is 9.47 Å². The summed E-state index contributed by atoms with van der Waals surface area (Å²) in [6.45, 7) is 7.23. The molecule has 0 spiro atoms. The Hall–Kier alpha value is -2.49. The fourth-order valence-corrected chi connectivity index (χ4v) is 2.58. The maximum absolute atomic E-state index is 12.8. The van der Waals surface area contributed by atoms with Crippen LogP contribution in [0.4, 0.5) is 0 Å². The number of nitrogens with zero attached hydrogens (tertiary/aromatic N) is 1. The van der Waals surface area contributed by atoms with E-state index in [1.54, 1.807) is 14.2 Å². The van der Waals surface area contributed by atoms with Crippen molar-refractivity contribution in [2.24, 2.45) is 0 Å². The molecule has 0 radical (unpaired) electrons. The number of carbonyl (C=O) groups excluding carboxylic acids is 1. The van der Waals surface area contributed by atoms with E-state index in [0.717, 1.165) is 16.7 Å². The van der Waals surface area contributed by atoms with Gasteiger partial charge >= 0.3 is 0 Å². The first-order chi connectivity index (χ1) is 11.5. The molecular weight excluding hydrogens is 302 g/mol. The Kier molecular flexibility index (Phi) is 5.85. The summed E-state index contributed by atoms with van der Waals surface area (Å²) in [6.07, 6.45) is 0. The van der Waals surface area contributed by atoms with E-state index >= 15 is 0 Å². The van der Waals surface area contributed by atoms with E-state index in [1.165, 1.54) is 5.56 Å². The number of aryl methyl sites for hydroxylation is 2. The molecular formula is C20H25NO3. The lowest BCUT2D eigenvalue weighted by molar-refractivity contribution is 0.0752. The van der Waals surface area contributed by atoms with Crippen molar-refractivity contribution in [2.45, 2.75) is 27.3 Å². The van der Waals surface area contributed by atoms with Gasteiger partial charge in [0.25, 0.3) is 5.91 Å². The van der Waals surface area contributed by atoms with Crippen molar-refractivity contribution in [2.75, 3.05) is 20.8 Å². The molecule has 0 N–H and O–H groups in total. The monoisotopic (exact) mass is 327 g/mol. The molecule has 4 heteroatoms. The minimum Gasteiger partial charge on any atom is -0.493 e. The maximum Gasteiger partial charge on any atom is 0.254 e. The highest BCUT2D eigenvalue weighted by molar-refractivity contribution is 5.94. The number of rotatable bonds is 6. The van der Waals surface area contributed by atoms with Gasteiger partial charge in [0.2, 0.25) is 0 Å². The second-order valence-corrected chi connectivity index (χ2v) is 5.81. The fraction of sp³-hybridized carbons (Fsp3) is 0.350. The van der Waals surface area contributed by atoms with Gasteiger partial charge in [-0.3, -0.25) is 4.79 Å². The highest BCUT2D eigenvalue weighted by atomic mass is 16.5. The molecule has 1 amide bonds. The lowest BCUT2D eigenvalue weighted by Crippen LogP contribution is -2.30. The van der Waals surface area contributed by atoms with E-state index in [2.05, 4.69) is 0 Å². The van der Waals surface area contributed by atoms with Gasteiger partial charge in [-0.05, 0) is 61.7 Å². The van der Waals surface area contributed by atoms with E-state index in [0.29, 0.717) is 24.6 Å². The van der Waals surface area contributed by atoms with Crippen LogP contribution in [0.2, 0.25) is 0 Å². The number of benzene rings is 2. The number of ether oxygens (including phenoxy) is 2. The van der Waals surface area contributed by atoms with Crippen LogP contribution in [0.15, 0.2) is 36.4 Å². The van der Waals surface area contributed by atoms with E-state index in [1.807, 2.05) is 62.1 Å². The molecule has 0 aromatic heterocycles. The van der Waals surface area contributed by atoms with Gasteiger partial charge in [0.1, 0.15) is 0 Å². The summed E-state index contributed by atoms with van der Waals surface area (Å²) >= 11 is 0. The smallest absolute Gasteiger partial charge is 0.254 e. The summed E-state index contributed by atoms with van der Waals surface area (Å²) in [5.41, 5.74) is 4.05. The van der Waals surface area contributed by atoms with Crippen LogP contribution in [-0.4, -0.2) is 31.6 Å². The summed E-state index contributed by atoms with van der Waals surface area (Å²) in [6, 6.07) is 11.6. The molecule has 0 aliphatic heterocycles. The molecule has 24 heavy (non-hydrogen) atoms. The summed E-state index contributed by atoms with van der Waals surface area (Å²) in [5, 5.41) is 0. The van der Waals surface area contributed by atoms with Crippen LogP contribution in [0.3, 0.4) is 0 Å². The Labute approximate surface area is 144 Å². The van der Waals surface area contributed by atoms with Crippen molar-refractivity contribution in [3.63, 3.8) is 0 Å². The third kappa shape index (κ3) is 3.88. The van der Waals surface area contributed by atoms with Crippen molar-refractivity contribution < 1.29 is 14.3 Å². The molecule has 0 bridgehead atoms. The third-order valence-electron chi connectivity index (χ3n) is 4.24. The fourth-order valence-electron chi connectivity index (χ4n) is 2.58. The van der Waals surface area contributed by atoms with Crippen LogP contribution in [0, 0.1) is 13.8 Å². The van der Waals surface area contributed by atoms with Gasteiger partial charge in [-0.1, -0.05) is 12.1 Å². The lowest BCUT2D eigenvalue weighted by Gasteiger charge is -2.22. The summed E-state index contributed by atoms with van der Waals surface area (Å²) in [5.74, 6) is 1.39. The average molecular weight is 327 g/mol. The van der Waals surface area contributed by atoms with Crippen LogP contribution >= 0.6 is 0 Å². The first-order valence-corrected chi connectivity index (χ1v) is 8.07. The molecule has 0 saturated heterocycles. The zero-order chi connectivity index (χ0) is 17.7. The molecule has 0 unspecified atom stereocenters. The van der Waals surface area contributed by atoms with Crippen molar-refractivity contribution in [1.29, 1.82) is 0 Å². The van der Waals surface area contributed by atoms with Crippen molar-refractivity contribution in [3.8, 4) is 11.5 Å². The number of hydrogen-bond acceptors (Lipinski definition) is 3. The number of amides is 1. The molecule has 2 aromatic rings. The van der Waals surface area contributed by atoms with Crippen LogP contribution in [0.1, 0.15) is 34.0 Å². The molecule has 0 heterocycles. The molecule has 0 aliphatic rings. The van der Waals surface area contributed by atoms with E-state index in [-0.39, 0.29) is 5.91 Å². The predicted molar refractivity (Wildman–Crippen MR) is 95.9 cm³/mol. The van der Waals surface area contributed by atoms with Crippen LogP contribution in [0.5, 0.6) is 11.5 Å². The minimum atomic E-state index is 0.0374. The molecule has 2 aromatic carbocycles. The highest BCUT2D eigenvalue weighted by Crippen LogP contribution is 2.28. The van der Waals surface area contributed by atoms with Gasteiger partial charge in [-0.2, -0.15) is 0 Å². The van der Waals surface area contributed by atoms with Crippen LogP contribution in [0.25, 0.3) is 0 Å². The third-order valence-corrected chi connectivity index (χ3v) is 4.24. The topological polar surface area (TPSA) is 38.8 Å². The Morgan fingerprint density at radius 2 is 1.67 bits per heavy atom. The van der Waals surface area contributed by atoms with Gasteiger partial charge in [-0.15, -0.1) is 0 Å². The van der Waals surface area contributed by atoms with Gasteiger partial charge in [-0.25, -0.2) is 0 Å². The Morgan fingerprint density at radius 1 is 0.958 bits per heavy atom. The number of carbonyl (C=O) groups is 1. The van der Waals surface area contributed by atoms with Crippen LogP contribution < -0.4 is 9.47 Å². The van der Waals surface area contributed by atoms with Gasteiger partial charge in [0.05, 0.1) is 14.2 Å². The summed E-state index contributed by atoms with van der Waals surface area (Å²) in [4.78, 5) is 14.6. The molecule has 128 valence electrons. The van der Waals surface area contributed by atoms with Crippen molar-refractivity contribution in [1.82, 2.24) is 4.90 Å². The molecule has 2 rings (SSSR count). The largest absolute Gasteiger partial charge is 0.493 e. The number of methoxy groups -OCH3 is 2. The van der Waals surface area contributed by atoms with Crippen molar-refractivity contribution >= 4 is 5.91 Å². The zero-order valence-electron chi connectivity index (χ0n) is 15.1. The van der Waals surface area contributed by atoms with Gasteiger partial charge < -0.3 is 14.4 Å². The minimum absolute atomic E-state index is 0.0374. The predicted octanol–water partition coefficient (Wildman–Crippen LogP) is 3.98. The molecule has 4 nitrogen and oxygen atoms in total. The summed E-state index contributed by atoms with van der Waals surface area (Å²) in [7, 11) is 3.22. The Bertz CT molecular complexity index is 725. The van der Waals surface area contributed by atoms with Crippen molar-refractivity contribution in [3.05, 3.63) is 58.7 Å². The van der Waals surface area contributed by atoms with Gasteiger partial charge in [0.15, 0.2) is 11.5 Å². The Balaban J connectivity index is 2.22. The standard InChI is InChI=1S/C20H25NO3/c1-6-21(20(22)17-9-7-14(2)15(3)11-17)13-16-8-10-18(23-4)19(12-16)24-5/h7-12H,6,13H2,1-5H3. The van der Waals surface area contributed by atoms with E-state index in [9.17, 15) is 4.79 Å². The molecule has 0 aliphatic carbocycles. The Morgan fingerprint density at radius 3 is 2.25 bits per heavy atom. The first-order valence-electron chi connectivity index (χ1n) is 8.07. The SMILES string of the molecule is CCN(Cc1ccc(OC)c(OC)c1)C(=O)c1ccc(C)c(C)c1. The van der Waals surface area contributed by atoms with Gasteiger partial charge in [0, 0.05) is 18.7 Å². The molecule has 0 saturated carbocycles. The summed E-state index contributed by atoms with van der Waals surface area (Å²) < 4.78 is 10.6. The quantitative estimate of drug-likeness (QED) is 0.805. The zero-order valence-corrected chi connectivity index (χ0v) is 15.1. The number of hydrogen-bond donors (Lipinski definition) is 0.